The first-order valence-corrected chi connectivity index (χ1v) is 7.88. The fourth-order valence-electron chi connectivity index (χ4n) is 1.94. The van der Waals surface area contributed by atoms with Gasteiger partial charge in [-0.1, -0.05) is 11.6 Å². The van der Waals surface area contributed by atoms with Gasteiger partial charge >= 0.3 is 0 Å². The molecule has 0 bridgehead atoms. The van der Waals surface area contributed by atoms with Crippen molar-refractivity contribution in [3.8, 4) is 0 Å². The maximum Gasteiger partial charge on any atom is 0.240 e. The standard InChI is InChI=1S/C12H15ClFNO3S/c13-10-7-9(3-4-11(10)14)19(17,18)15-12(5-6-16)8-1-2-8/h3-4,7-8,12,15-16H,1-2,5-6H2. The van der Waals surface area contributed by atoms with Crippen LogP contribution in [0.1, 0.15) is 19.3 Å². The Morgan fingerprint density at radius 1 is 1.47 bits per heavy atom. The molecule has 1 aromatic carbocycles. The van der Waals surface area contributed by atoms with Crippen LogP contribution in [0, 0.1) is 11.7 Å². The van der Waals surface area contributed by atoms with E-state index >= 15 is 0 Å². The van der Waals surface area contributed by atoms with Gasteiger partial charge in [0.15, 0.2) is 0 Å². The minimum atomic E-state index is -3.74. The van der Waals surface area contributed by atoms with Crippen molar-refractivity contribution in [1.82, 2.24) is 4.72 Å². The highest BCUT2D eigenvalue weighted by molar-refractivity contribution is 7.89. The number of sulfonamides is 1. The van der Waals surface area contributed by atoms with E-state index in [1.54, 1.807) is 0 Å². The molecule has 1 fully saturated rings. The van der Waals surface area contributed by atoms with Crippen LogP contribution in [0.25, 0.3) is 0 Å². The molecule has 7 heteroatoms. The Kier molecular flexibility index (Phi) is 4.45. The van der Waals surface area contributed by atoms with Gasteiger partial charge in [0, 0.05) is 12.6 Å². The Labute approximate surface area is 116 Å². The van der Waals surface area contributed by atoms with E-state index in [4.69, 9.17) is 16.7 Å². The normalized spacial score (nSPS) is 17.4. The number of hydrogen-bond acceptors (Lipinski definition) is 3. The predicted octanol–water partition coefficient (Wildman–Crippen LogP) is 1.92. The second-order valence-corrected chi connectivity index (χ2v) is 6.77. The molecule has 1 saturated carbocycles. The van der Waals surface area contributed by atoms with Gasteiger partial charge in [0.2, 0.25) is 10.0 Å². The molecule has 0 aromatic heterocycles. The summed E-state index contributed by atoms with van der Waals surface area (Å²) in [4.78, 5) is -0.0671. The molecule has 106 valence electrons. The zero-order valence-corrected chi connectivity index (χ0v) is 11.7. The number of benzene rings is 1. The first kappa shape index (κ1) is 14.7. The van der Waals surface area contributed by atoms with E-state index in [0.29, 0.717) is 6.42 Å². The highest BCUT2D eigenvalue weighted by Gasteiger charge is 2.34. The van der Waals surface area contributed by atoms with E-state index in [-0.39, 0.29) is 28.5 Å². The molecule has 0 heterocycles. The third-order valence-electron chi connectivity index (χ3n) is 3.14. The van der Waals surface area contributed by atoms with Crippen LogP contribution in [0.2, 0.25) is 5.02 Å². The molecule has 1 aromatic rings. The van der Waals surface area contributed by atoms with Gasteiger partial charge in [-0.25, -0.2) is 17.5 Å². The van der Waals surface area contributed by atoms with Crippen molar-refractivity contribution >= 4 is 21.6 Å². The monoisotopic (exact) mass is 307 g/mol. The van der Waals surface area contributed by atoms with Crippen LogP contribution in [0.15, 0.2) is 23.1 Å². The Morgan fingerprint density at radius 3 is 2.68 bits per heavy atom. The van der Waals surface area contributed by atoms with Crippen molar-refractivity contribution in [3.63, 3.8) is 0 Å². The van der Waals surface area contributed by atoms with E-state index < -0.39 is 15.8 Å². The molecule has 0 saturated heterocycles. The van der Waals surface area contributed by atoms with Gasteiger partial charge in [-0.2, -0.15) is 0 Å². The Bertz CT molecular complexity index is 560. The molecule has 0 radical (unpaired) electrons. The first-order chi connectivity index (χ1) is 8.94. The Hall–Kier alpha value is -0.690. The summed E-state index contributed by atoms with van der Waals surface area (Å²) >= 11 is 5.59. The SMILES string of the molecule is O=S(=O)(NC(CCO)C1CC1)c1ccc(F)c(Cl)c1. The molecule has 2 rings (SSSR count). The second-order valence-electron chi connectivity index (χ2n) is 4.65. The molecular formula is C12H15ClFNO3S. The zero-order valence-electron chi connectivity index (χ0n) is 10.1. The minimum absolute atomic E-state index is 0.0671. The third kappa shape index (κ3) is 3.66. The average molecular weight is 308 g/mol. The van der Waals surface area contributed by atoms with Gasteiger partial charge in [0.1, 0.15) is 5.82 Å². The maximum atomic E-state index is 13.0. The van der Waals surface area contributed by atoms with E-state index in [0.717, 1.165) is 25.0 Å². The summed E-state index contributed by atoms with van der Waals surface area (Å²) in [6, 6.07) is 3.00. The molecule has 0 amide bonds. The van der Waals surface area contributed by atoms with Crippen molar-refractivity contribution in [3.05, 3.63) is 29.0 Å². The summed E-state index contributed by atoms with van der Waals surface area (Å²) in [6.45, 7) is -0.0755. The Morgan fingerprint density at radius 2 is 2.16 bits per heavy atom. The van der Waals surface area contributed by atoms with E-state index in [2.05, 4.69) is 4.72 Å². The Balaban J connectivity index is 2.18. The van der Waals surface area contributed by atoms with E-state index in [1.807, 2.05) is 0 Å². The summed E-state index contributed by atoms with van der Waals surface area (Å²) in [5.41, 5.74) is 0. The molecule has 2 N–H and O–H groups in total. The second kappa shape index (κ2) is 5.75. The molecule has 0 aliphatic heterocycles. The highest BCUT2D eigenvalue weighted by atomic mass is 35.5. The van der Waals surface area contributed by atoms with Gasteiger partial charge in [-0.15, -0.1) is 0 Å². The first-order valence-electron chi connectivity index (χ1n) is 6.02. The van der Waals surface area contributed by atoms with Crippen LogP contribution in [0.5, 0.6) is 0 Å². The van der Waals surface area contributed by atoms with Crippen LogP contribution in [0.3, 0.4) is 0 Å². The lowest BCUT2D eigenvalue weighted by molar-refractivity contribution is 0.265. The van der Waals surface area contributed by atoms with Crippen molar-refractivity contribution in [2.45, 2.75) is 30.2 Å². The molecule has 0 spiro atoms. The van der Waals surface area contributed by atoms with Crippen molar-refractivity contribution < 1.29 is 17.9 Å². The van der Waals surface area contributed by atoms with Gasteiger partial charge in [-0.05, 0) is 43.4 Å². The quantitative estimate of drug-likeness (QED) is 0.844. The lowest BCUT2D eigenvalue weighted by Gasteiger charge is -2.17. The van der Waals surface area contributed by atoms with Crippen molar-refractivity contribution in [2.24, 2.45) is 5.92 Å². The third-order valence-corrected chi connectivity index (χ3v) is 4.92. The molecule has 1 aliphatic carbocycles. The summed E-state index contributed by atoms with van der Waals surface area (Å²) < 4.78 is 39.9. The smallest absolute Gasteiger partial charge is 0.240 e. The fourth-order valence-corrected chi connectivity index (χ4v) is 3.55. The lowest BCUT2D eigenvalue weighted by Crippen LogP contribution is -2.37. The van der Waals surface area contributed by atoms with E-state index in [9.17, 15) is 12.8 Å². The number of aliphatic hydroxyl groups is 1. The largest absolute Gasteiger partial charge is 0.396 e. The topological polar surface area (TPSA) is 66.4 Å². The minimum Gasteiger partial charge on any atom is -0.396 e. The van der Waals surface area contributed by atoms with Crippen molar-refractivity contribution in [1.29, 1.82) is 0 Å². The number of hydrogen-bond donors (Lipinski definition) is 2. The van der Waals surface area contributed by atoms with Gasteiger partial charge in [-0.3, -0.25) is 0 Å². The molecule has 1 unspecified atom stereocenters. The zero-order chi connectivity index (χ0) is 14.0. The van der Waals surface area contributed by atoms with Gasteiger partial charge < -0.3 is 5.11 Å². The fraction of sp³-hybridized carbons (Fsp3) is 0.500. The summed E-state index contributed by atoms with van der Waals surface area (Å²) in [5, 5.41) is 8.73. The van der Waals surface area contributed by atoms with Gasteiger partial charge in [0.25, 0.3) is 0 Å². The summed E-state index contributed by atoms with van der Waals surface area (Å²) in [5.74, 6) is -0.382. The number of rotatable bonds is 6. The highest BCUT2D eigenvalue weighted by Crippen LogP contribution is 2.34. The van der Waals surface area contributed by atoms with E-state index in [1.165, 1.54) is 6.07 Å². The van der Waals surface area contributed by atoms with Gasteiger partial charge in [0.05, 0.1) is 9.92 Å². The average Bonchev–Trinajstić information content (AvgIpc) is 3.16. The number of halogens is 2. The van der Waals surface area contributed by atoms with Crippen LogP contribution in [-0.4, -0.2) is 26.2 Å². The molecule has 4 nitrogen and oxygen atoms in total. The van der Waals surface area contributed by atoms with Crippen molar-refractivity contribution in [2.75, 3.05) is 6.61 Å². The maximum absolute atomic E-state index is 13.0. The number of aliphatic hydroxyl groups excluding tert-OH is 1. The van der Waals surface area contributed by atoms with Crippen LogP contribution in [-0.2, 0) is 10.0 Å². The van der Waals surface area contributed by atoms with Crippen LogP contribution >= 0.6 is 11.6 Å². The van der Waals surface area contributed by atoms with Crippen LogP contribution in [0.4, 0.5) is 4.39 Å². The molecule has 1 aliphatic rings. The summed E-state index contributed by atoms with van der Waals surface area (Å²) in [7, 11) is -3.74. The molecular weight excluding hydrogens is 293 g/mol. The summed E-state index contributed by atoms with van der Waals surface area (Å²) in [6.07, 6.45) is 2.29. The van der Waals surface area contributed by atoms with Crippen LogP contribution < -0.4 is 4.72 Å². The predicted molar refractivity (Wildman–Crippen MR) is 69.9 cm³/mol. The molecule has 1 atom stereocenters. The lowest BCUT2D eigenvalue weighted by atomic mass is 10.1. The number of nitrogens with one attached hydrogen (secondary N) is 1. The molecule has 19 heavy (non-hydrogen) atoms.